The van der Waals surface area contributed by atoms with E-state index in [-0.39, 0.29) is 11.5 Å². The molecule has 2 aromatic carbocycles. The van der Waals surface area contributed by atoms with Gasteiger partial charge in [-0.3, -0.25) is 4.79 Å². The van der Waals surface area contributed by atoms with Crippen molar-refractivity contribution in [2.75, 3.05) is 11.1 Å². The molecule has 0 aliphatic rings. The molecule has 0 radical (unpaired) electrons. The van der Waals surface area contributed by atoms with E-state index in [4.69, 9.17) is 5.73 Å². The number of rotatable bonds is 4. The fourth-order valence-electron chi connectivity index (χ4n) is 1.74. The third-order valence-corrected chi connectivity index (χ3v) is 3.72. The summed E-state index contributed by atoms with van der Waals surface area (Å²) in [6.07, 6.45) is 0. The van der Waals surface area contributed by atoms with Crippen LogP contribution in [0.25, 0.3) is 0 Å². The van der Waals surface area contributed by atoms with Crippen molar-refractivity contribution in [3.8, 4) is 0 Å². The number of nitrogens with one attached hydrogen (secondary N) is 1. The van der Waals surface area contributed by atoms with Gasteiger partial charge in [-0.1, -0.05) is 11.8 Å². The van der Waals surface area contributed by atoms with Gasteiger partial charge >= 0.3 is 5.97 Å². The molecule has 2 aromatic rings. The molecule has 2 rings (SSSR count). The zero-order valence-corrected chi connectivity index (χ0v) is 12.1. The summed E-state index contributed by atoms with van der Waals surface area (Å²) < 4.78 is 0. The largest absolute Gasteiger partial charge is 0.478 e. The summed E-state index contributed by atoms with van der Waals surface area (Å²) in [5.74, 6) is -1.15. The highest BCUT2D eigenvalue weighted by molar-refractivity contribution is 7.99. The van der Waals surface area contributed by atoms with E-state index >= 15 is 0 Å². The van der Waals surface area contributed by atoms with Crippen LogP contribution in [0.3, 0.4) is 0 Å². The highest BCUT2D eigenvalue weighted by Crippen LogP contribution is 2.32. The number of carbonyl (C=O) groups is 2. The molecule has 21 heavy (non-hydrogen) atoms. The summed E-state index contributed by atoms with van der Waals surface area (Å²) in [6.45, 7) is 1.44. The van der Waals surface area contributed by atoms with E-state index < -0.39 is 5.97 Å². The molecule has 0 heterocycles. The maximum Gasteiger partial charge on any atom is 0.336 e. The van der Waals surface area contributed by atoms with Gasteiger partial charge in [0, 0.05) is 28.1 Å². The van der Waals surface area contributed by atoms with Crippen LogP contribution in [0.15, 0.2) is 52.3 Å². The number of benzene rings is 2. The van der Waals surface area contributed by atoms with Crippen molar-refractivity contribution < 1.29 is 14.7 Å². The van der Waals surface area contributed by atoms with Gasteiger partial charge in [0.1, 0.15) is 0 Å². The molecule has 0 bridgehead atoms. The van der Waals surface area contributed by atoms with Crippen LogP contribution < -0.4 is 11.1 Å². The zero-order valence-electron chi connectivity index (χ0n) is 11.3. The topological polar surface area (TPSA) is 92.4 Å². The molecule has 0 saturated heterocycles. The van der Waals surface area contributed by atoms with Crippen LogP contribution in [0.5, 0.6) is 0 Å². The SMILES string of the molecule is CC(=O)Nc1ccc(Sc2ccc(N)cc2C(=O)O)cc1. The number of carbonyl (C=O) groups excluding carboxylic acids is 1. The molecule has 0 aliphatic heterocycles. The van der Waals surface area contributed by atoms with E-state index in [2.05, 4.69) is 5.32 Å². The number of nitrogen functional groups attached to an aromatic ring is 1. The lowest BCUT2D eigenvalue weighted by atomic mass is 10.2. The minimum Gasteiger partial charge on any atom is -0.478 e. The van der Waals surface area contributed by atoms with Crippen LogP contribution in [0.1, 0.15) is 17.3 Å². The molecule has 5 nitrogen and oxygen atoms in total. The Morgan fingerprint density at radius 2 is 1.81 bits per heavy atom. The van der Waals surface area contributed by atoms with Crippen LogP contribution in [0.4, 0.5) is 11.4 Å². The molecule has 4 N–H and O–H groups in total. The Balaban J connectivity index is 2.22. The third kappa shape index (κ3) is 4.00. The molecule has 0 aromatic heterocycles. The second-order valence-corrected chi connectivity index (χ2v) is 5.48. The van der Waals surface area contributed by atoms with Gasteiger partial charge in [0.2, 0.25) is 5.91 Å². The van der Waals surface area contributed by atoms with E-state index in [1.807, 2.05) is 12.1 Å². The summed E-state index contributed by atoms with van der Waals surface area (Å²) in [5, 5.41) is 11.9. The first-order chi connectivity index (χ1) is 9.95. The number of carboxylic acid groups (broad SMARTS) is 1. The zero-order chi connectivity index (χ0) is 15.4. The van der Waals surface area contributed by atoms with Gasteiger partial charge in [-0.15, -0.1) is 0 Å². The molecule has 0 saturated carbocycles. The Morgan fingerprint density at radius 3 is 2.38 bits per heavy atom. The predicted octanol–water partition coefficient (Wildman–Crippen LogP) is 3.08. The summed E-state index contributed by atoms with van der Waals surface area (Å²) in [6, 6.07) is 12.0. The van der Waals surface area contributed by atoms with E-state index in [1.165, 1.54) is 24.8 Å². The second kappa shape index (κ2) is 6.32. The summed E-state index contributed by atoms with van der Waals surface area (Å²) in [7, 11) is 0. The number of hydrogen-bond acceptors (Lipinski definition) is 4. The quantitative estimate of drug-likeness (QED) is 0.755. The van der Waals surface area contributed by atoms with Crippen molar-refractivity contribution in [2.24, 2.45) is 0 Å². The second-order valence-electron chi connectivity index (χ2n) is 4.37. The smallest absolute Gasteiger partial charge is 0.336 e. The minimum atomic E-state index is -1.01. The van der Waals surface area contributed by atoms with Gasteiger partial charge in [0.15, 0.2) is 0 Å². The molecule has 0 atom stereocenters. The van der Waals surface area contributed by atoms with Crippen LogP contribution >= 0.6 is 11.8 Å². The van der Waals surface area contributed by atoms with Gasteiger partial charge in [0.05, 0.1) is 5.56 Å². The molecule has 6 heteroatoms. The summed E-state index contributed by atoms with van der Waals surface area (Å²) in [4.78, 5) is 23.7. The number of aromatic carboxylic acids is 1. The Kier molecular flexibility index (Phi) is 4.49. The highest BCUT2D eigenvalue weighted by atomic mass is 32.2. The minimum absolute atomic E-state index is 0.137. The van der Waals surface area contributed by atoms with Gasteiger partial charge in [-0.2, -0.15) is 0 Å². The molecule has 0 fully saturated rings. The lowest BCUT2D eigenvalue weighted by Crippen LogP contribution is -2.05. The highest BCUT2D eigenvalue weighted by Gasteiger charge is 2.11. The summed E-state index contributed by atoms with van der Waals surface area (Å²) in [5.41, 5.74) is 6.90. The maximum absolute atomic E-state index is 11.2. The van der Waals surface area contributed by atoms with Crippen LogP contribution in [0, 0.1) is 0 Å². The van der Waals surface area contributed by atoms with Crippen LogP contribution in [-0.4, -0.2) is 17.0 Å². The van der Waals surface area contributed by atoms with Crippen molar-refractivity contribution in [2.45, 2.75) is 16.7 Å². The first kappa shape index (κ1) is 14.9. The number of nitrogens with two attached hydrogens (primary N) is 1. The average molecular weight is 302 g/mol. The van der Waals surface area contributed by atoms with Gasteiger partial charge in [0.25, 0.3) is 0 Å². The Bertz CT molecular complexity index is 684. The van der Waals surface area contributed by atoms with Crippen molar-refractivity contribution in [1.29, 1.82) is 0 Å². The van der Waals surface area contributed by atoms with Crippen molar-refractivity contribution >= 4 is 35.0 Å². The fraction of sp³-hybridized carbons (Fsp3) is 0.0667. The van der Waals surface area contributed by atoms with Crippen molar-refractivity contribution in [1.82, 2.24) is 0 Å². The van der Waals surface area contributed by atoms with Gasteiger partial charge < -0.3 is 16.2 Å². The number of amides is 1. The predicted molar refractivity (Wildman–Crippen MR) is 82.7 cm³/mol. The number of carboxylic acids is 1. The first-order valence-corrected chi connectivity index (χ1v) is 6.95. The lowest BCUT2D eigenvalue weighted by molar-refractivity contribution is -0.114. The average Bonchev–Trinajstić information content (AvgIpc) is 2.42. The third-order valence-electron chi connectivity index (χ3n) is 2.64. The van der Waals surface area contributed by atoms with Gasteiger partial charge in [-0.05, 0) is 42.5 Å². The Labute approximate surface area is 126 Å². The van der Waals surface area contributed by atoms with E-state index in [1.54, 1.807) is 24.3 Å². The molecule has 1 amide bonds. The molecular weight excluding hydrogens is 288 g/mol. The Hall–Kier alpha value is -2.47. The lowest BCUT2D eigenvalue weighted by Gasteiger charge is -2.08. The monoisotopic (exact) mass is 302 g/mol. The van der Waals surface area contributed by atoms with Gasteiger partial charge in [-0.25, -0.2) is 4.79 Å². The molecule has 108 valence electrons. The molecule has 0 aliphatic carbocycles. The molecular formula is C15H14N2O3S. The Morgan fingerprint density at radius 1 is 1.14 bits per heavy atom. The number of hydrogen-bond donors (Lipinski definition) is 3. The van der Waals surface area contributed by atoms with Crippen LogP contribution in [0.2, 0.25) is 0 Å². The van der Waals surface area contributed by atoms with E-state index in [0.29, 0.717) is 16.3 Å². The fourth-order valence-corrected chi connectivity index (χ4v) is 2.66. The molecule has 0 unspecified atom stereocenters. The summed E-state index contributed by atoms with van der Waals surface area (Å²) >= 11 is 1.33. The van der Waals surface area contributed by atoms with Crippen molar-refractivity contribution in [3.05, 3.63) is 48.0 Å². The first-order valence-electron chi connectivity index (χ1n) is 6.14. The standard InChI is InChI=1S/C15H14N2O3S/c1-9(18)17-11-3-5-12(6-4-11)21-14-7-2-10(16)8-13(14)15(19)20/h2-8H,16H2,1H3,(H,17,18)(H,19,20). The normalized spacial score (nSPS) is 10.1. The number of anilines is 2. The maximum atomic E-state index is 11.2. The van der Waals surface area contributed by atoms with Crippen molar-refractivity contribution in [3.63, 3.8) is 0 Å². The van der Waals surface area contributed by atoms with E-state index in [9.17, 15) is 14.7 Å². The van der Waals surface area contributed by atoms with Crippen LogP contribution in [-0.2, 0) is 4.79 Å². The van der Waals surface area contributed by atoms with E-state index in [0.717, 1.165) is 4.90 Å². The molecule has 0 spiro atoms.